The smallest absolute Gasteiger partial charge is 0.435 e. The summed E-state index contributed by atoms with van der Waals surface area (Å²) in [6, 6.07) is 8.79. The lowest BCUT2D eigenvalue weighted by Crippen LogP contribution is -2.67. The topological polar surface area (TPSA) is 38.7 Å². The number of fused-ring (bicyclic) bond motifs is 5. The molecule has 0 heterocycles. The fourth-order valence-corrected chi connectivity index (χ4v) is 7.26. The van der Waals surface area contributed by atoms with Crippen LogP contribution < -0.4 is 4.74 Å². The van der Waals surface area contributed by atoms with Gasteiger partial charge in [-0.15, -0.1) is 0 Å². The zero-order valence-electron chi connectivity index (χ0n) is 23.7. The predicted molar refractivity (Wildman–Crippen MR) is 136 cm³/mol. The Morgan fingerprint density at radius 1 is 0.818 bits per heavy atom. The van der Waals surface area contributed by atoms with Crippen molar-refractivity contribution in [2.45, 2.75) is 88.8 Å². The van der Waals surface area contributed by atoms with Gasteiger partial charge in [-0.2, -0.15) is 39.5 Å². The van der Waals surface area contributed by atoms with Crippen LogP contribution >= 0.6 is 0 Å². The van der Waals surface area contributed by atoms with E-state index in [1.807, 2.05) is 6.07 Å². The minimum atomic E-state index is -6.80. The second kappa shape index (κ2) is 12.0. The molecular formula is C30H31F11O3. The SMILES string of the molecule is Cc1c(F)cc(Oc2ccc3c(c2)CCC2C3CCC3(C)CCCC23)cc1F.OCOC(C(F)(F)F)(C(F)(F)F)C(F)(F)F. The number of hydrogen-bond acceptors (Lipinski definition) is 3. The normalized spacial score (nSPS) is 25.4. The van der Waals surface area contributed by atoms with E-state index in [4.69, 9.17) is 9.84 Å². The van der Waals surface area contributed by atoms with Crippen LogP contribution in [0.15, 0.2) is 30.3 Å². The van der Waals surface area contributed by atoms with Crippen LogP contribution in [0.4, 0.5) is 48.3 Å². The number of aliphatic hydroxyl groups excluding tert-OH is 1. The molecule has 2 saturated carbocycles. The summed E-state index contributed by atoms with van der Waals surface area (Å²) in [5.41, 5.74) is -2.95. The highest BCUT2D eigenvalue weighted by Gasteiger charge is 2.85. The lowest BCUT2D eigenvalue weighted by Gasteiger charge is -2.49. The van der Waals surface area contributed by atoms with Crippen LogP contribution in [0, 0.1) is 35.8 Å². The first-order chi connectivity index (χ1) is 20.3. The van der Waals surface area contributed by atoms with Crippen LogP contribution in [-0.2, 0) is 11.2 Å². The molecule has 14 heteroatoms. The van der Waals surface area contributed by atoms with E-state index in [0.717, 1.165) is 18.3 Å². The summed E-state index contributed by atoms with van der Waals surface area (Å²) < 4.78 is 143. The van der Waals surface area contributed by atoms with Crippen molar-refractivity contribution in [1.82, 2.24) is 0 Å². The van der Waals surface area contributed by atoms with Crippen LogP contribution in [0.2, 0.25) is 0 Å². The molecule has 5 rings (SSSR count). The molecule has 0 saturated heterocycles. The molecule has 1 N–H and O–H groups in total. The van der Waals surface area contributed by atoms with Gasteiger partial charge in [0, 0.05) is 17.7 Å². The summed E-state index contributed by atoms with van der Waals surface area (Å²) in [5.74, 6) is 2.11. The number of aliphatic hydroxyl groups is 1. The largest absolute Gasteiger partial charge is 0.457 e. The second-order valence-corrected chi connectivity index (χ2v) is 11.9. The average molecular weight is 649 g/mol. The van der Waals surface area contributed by atoms with Gasteiger partial charge >= 0.3 is 24.1 Å². The number of aryl methyl sites for hydroxylation is 1. The van der Waals surface area contributed by atoms with E-state index in [1.54, 1.807) is 0 Å². The van der Waals surface area contributed by atoms with Gasteiger partial charge in [0.1, 0.15) is 29.9 Å². The van der Waals surface area contributed by atoms with Crippen LogP contribution in [0.1, 0.15) is 68.1 Å². The van der Waals surface area contributed by atoms with Gasteiger partial charge in [-0.25, -0.2) is 8.78 Å². The minimum absolute atomic E-state index is 0.0278. The summed E-state index contributed by atoms with van der Waals surface area (Å²) in [5, 5.41) is 7.77. The summed E-state index contributed by atoms with van der Waals surface area (Å²) in [7, 11) is 0. The summed E-state index contributed by atoms with van der Waals surface area (Å²) in [6.45, 7) is 1.56. The lowest BCUT2D eigenvalue weighted by molar-refractivity contribution is -0.464. The van der Waals surface area contributed by atoms with Gasteiger partial charge < -0.3 is 14.6 Å². The third-order valence-corrected chi connectivity index (χ3v) is 9.45. The number of halogens is 11. The Hall–Kier alpha value is -2.61. The first kappa shape index (κ1) is 34.3. The van der Waals surface area contributed by atoms with Crippen LogP contribution in [-0.4, -0.2) is 36.0 Å². The molecule has 3 aliphatic carbocycles. The van der Waals surface area contributed by atoms with Crippen LogP contribution in [0.3, 0.4) is 0 Å². The van der Waals surface area contributed by atoms with Crippen LogP contribution in [0.25, 0.3) is 0 Å². The average Bonchev–Trinajstić information content (AvgIpc) is 3.30. The van der Waals surface area contributed by atoms with Crippen molar-refractivity contribution in [3.63, 3.8) is 0 Å². The second-order valence-electron chi connectivity index (χ2n) is 11.9. The molecule has 0 amide bonds. The Bertz CT molecular complexity index is 1280. The molecule has 2 fully saturated rings. The Morgan fingerprint density at radius 2 is 1.41 bits per heavy atom. The first-order valence-electron chi connectivity index (χ1n) is 14.0. The maximum Gasteiger partial charge on any atom is 0.435 e. The highest BCUT2D eigenvalue weighted by atomic mass is 19.4. The van der Waals surface area contributed by atoms with E-state index in [0.29, 0.717) is 17.1 Å². The van der Waals surface area contributed by atoms with Crippen molar-refractivity contribution in [3.05, 3.63) is 58.7 Å². The lowest BCUT2D eigenvalue weighted by atomic mass is 9.56. The Labute approximate surface area is 246 Å². The van der Waals surface area contributed by atoms with E-state index in [-0.39, 0.29) is 11.3 Å². The van der Waals surface area contributed by atoms with Crippen molar-refractivity contribution in [1.29, 1.82) is 0 Å². The zero-order chi connectivity index (χ0) is 32.9. The van der Waals surface area contributed by atoms with Gasteiger partial charge in [0.2, 0.25) is 0 Å². The molecule has 246 valence electrons. The highest BCUT2D eigenvalue weighted by molar-refractivity contribution is 5.43. The van der Waals surface area contributed by atoms with Gasteiger partial charge in [0.25, 0.3) is 0 Å². The first-order valence-corrected chi connectivity index (χ1v) is 14.0. The maximum atomic E-state index is 13.8. The Balaban J connectivity index is 0.000000238. The molecule has 4 unspecified atom stereocenters. The zero-order valence-corrected chi connectivity index (χ0v) is 23.7. The van der Waals surface area contributed by atoms with Gasteiger partial charge in [-0.3, -0.25) is 0 Å². The Morgan fingerprint density at radius 3 is 1.93 bits per heavy atom. The molecule has 2 aromatic rings. The maximum absolute atomic E-state index is 13.8. The molecule has 4 atom stereocenters. The van der Waals surface area contributed by atoms with Crippen molar-refractivity contribution in [2.75, 3.05) is 6.79 Å². The van der Waals surface area contributed by atoms with Crippen molar-refractivity contribution in [2.24, 2.45) is 17.3 Å². The molecular weight excluding hydrogens is 617 g/mol. The van der Waals surface area contributed by atoms with E-state index in [2.05, 4.69) is 23.8 Å². The molecule has 0 radical (unpaired) electrons. The third kappa shape index (κ3) is 6.12. The highest BCUT2D eigenvalue weighted by Crippen LogP contribution is 2.61. The number of ether oxygens (including phenoxy) is 2. The molecule has 0 aliphatic heterocycles. The quantitative estimate of drug-likeness (QED) is 0.265. The molecule has 0 bridgehead atoms. The van der Waals surface area contributed by atoms with E-state index in [9.17, 15) is 48.3 Å². The predicted octanol–water partition coefficient (Wildman–Crippen LogP) is 9.69. The van der Waals surface area contributed by atoms with E-state index in [1.165, 1.54) is 68.7 Å². The molecule has 0 spiro atoms. The molecule has 0 aromatic heterocycles. The minimum Gasteiger partial charge on any atom is -0.457 e. The third-order valence-electron chi connectivity index (χ3n) is 9.45. The fourth-order valence-electron chi connectivity index (χ4n) is 7.26. The number of hydrogen-bond donors (Lipinski definition) is 1. The monoisotopic (exact) mass is 648 g/mol. The summed E-state index contributed by atoms with van der Waals surface area (Å²) >= 11 is 0. The number of rotatable bonds is 4. The standard InChI is InChI=1S/C25H28F2O.C5H3F9O2/c1-15-23(26)13-18(14-24(15)27)28-17-6-8-19-16(12-17)5-7-21-20(19)9-11-25(2)10-3-4-22(21)25;6-3(7,8)2(16-1-15,4(9,10)11)5(12,13)14/h6,8,12-14,20-22H,3-5,7,9-11H2,1-2H3;15H,1H2. The number of alkyl halides is 9. The Kier molecular flexibility index (Phi) is 9.31. The summed E-state index contributed by atoms with van der Waals surface area (Å²) in [6.07, 6.45) is -11.2. The van der Waals surface area contributed by atoms with Crippen molar-refractivity contribution < 1.29 is 62.9 Å². The van der Waals surface area contributed by atoms with E-state index >= 15 is 0 Å². The molecule has 2 aromatic carbocycles. The molecule has 3 nitrogen and oxygen atoms in total. The van der Waals surface area contributed by atoms with Gasteiger partial charge in [-0.05, 0) is 91.9 Å². The van der Waals surface area contributed by atoms with Crippen molar-refractivity contribution >= 4 is 0 Å². The molecule has 44 heavy (non-hydrogen) atoms. The van der Waals surface area contributed by atoms with Gasteiger partial charge in [-0.1, -0.05) is 19.4 Å². The van der Waals surface area contributed by atoms with Crippen molar-refractivity contribution in [3.8, 4) is 11.5 Å². The molecule has 3 aliphatic rings. The van der Waals surface area contributed by atoms with E-state index < -0.39 is 42.6 Å². The summed E-state index contributed by atoms with van der Waals surface area (Å²) in [4.78, 5) is 0. The van der Waals surface area contributed by atoms with Gasteiger partial charge in [0.15, 0.2) is 0 Å². The van der Waals surface area contributed by atoms with Gasteiger partial charge in [0.05, 0.1) is 0 Å². The van der Waals surface area contributed by atoms with Crippen LogP contribution in [0.5, 0.6) is 11.5 Å². The number of benzene rings is 2. The fraction of sp³-hybridized carbons (Fsp3) is 0.600.